The summed E-state index contributed by atoms with van der Waals surface area (Å²) in [5.41, 5.74) is 0. The maximum absolute atomic E-state index is 12.9. The highest BCUT2D eigenvalue weighted by Crippen LogP contribution is 2.35. The number of nitro groups is 1. The van der Waals surface area contributed by atoms with Crippen molar-refractivity contribution >= 4 is 10.1 Å². The lowest BCUT2D eigenvalue weighted by Crippen LogP contribution is -2.50. The van der Waals surface area contributed by atoms with Crippen molar-refractivity contribution in [3.05, 3.63) is 40.4 Å². The highest BCUT2D eigenvalue weighted by Gasteiger charge is 2.69. The largest absolute Gasteiger partial charge is 0.578 e. The van der Waals surface area contributed by atoms with Crippen molar-refractivity contribution in [3.8, 4) is 0 Å². The van der Waals surface area contributed by atoms with E-state index < -0.39 is 38.5 Å². The number of rotatable bonds is 6. The maximum Gasteiger partial charge on any atom is 0.578 e. The third-order valence-corrected chi connectivity index (χ3v) is 3.37. The van der Waals surface area contributed by atoms with Crippen LogP contribution >= 0.6 is 0 Å². The van der Waals surface area contributed by atoms with Gasteiger partial charge in [0.1, 0.15) is 11.5 Å². The van der Waals surface area contributed by atoms with Gasteiger partial charge in [-0.05, 0) is 12.1 Å². The molecule has 0 aliphatic rings. The van der Waals surface area contributed by atoms with Gasteiger partial charge in [-0.1, -0.05) is 18.2 Å². The molecule has 0 aliphatic heterocycles. The minimum Gasteiger partial charge on any atom is -0.259 e. The lowest BCUT2D eigenvalue weighted by molar-refractivity contribution is -0.675. The summed E-state index contributed by atoms with van der Waals surface area (Å²) in [6.45, 7) is -2.35. The Morgan fingerprint density at radius 3 is 2.10 bits per heavy atom. The summed E-state index contributed by atoms with van der Waals surface area (Å²) in [4.78, 5) is 6.78. The van der Waals surface area contributed by atoms with Crippen LogP contribution < -0.4 is 0 Å². The van der Waals surface area contributed by atoms with Gasteiger partial charge in [0.2, 0.25) is 0 Å². The minimum absolute atomic E-state index is 0.541. The zero-order valence-corrected chi connectivity index (χ0v) is 10.3. The first kappa shape index (κ1) is 16.3. The van der Waals surface area contributed by atoms with Crippen LogP contribution in [0.5, 0.6) is 0 Å². The number of hydrogen-bond acceptors (Lipinski definition) is 5. The van der Waals surface area contributed by atoms with E-state index in [4.69, 9.17) is 0 Å². The van der Waals surface area contributed by atoms with Crippen LogP contribution in [0.25, 0.3) is 0 Å². The topological polar surface area (TPSA) is 86.5 Å². The first-order valence-corrected chi connectivity index (χ1v) is 6.26. The number of hydrogen-bond donors (Lipinski definition) is 0. The molecule has 112 valence electrons. The van der Waals surface area contributed by atoms with Gasteiger partial charge in [0, 0.05) is 0 Å². The van der Waals surface area contributed by atoms with E-state index >= 15 is 0 Å². The Bertz CT molecular complexity index is 590. The lowest BCUT2D eigenvalue weighted by Gasteiger charge is -2.18. The van der Waals surface area contributed by atoms with Crippen LogP contribution in [0, 0.1) is 10.1 Å². The normalized spacial score (nSPS) is 13.2. The van der Waals surface area contributed by atoms with Gasteiger partial charge < -0.3 is 0 Å². The summed E-state index contributed by atoms with van der Waals surface area (Å²) in [5, 5.41) is 9.83. The van der Waals surface area contributed by atoms with E-state index in [-0.39, 0.29) is 0 Å². The van der Waals surface area contributed by atoms with E-state index in [1.807, 2.05) is 0 Å². The molecule has 0 radical (unpaired) electrons. The average Bonchev–Trinajstić information content (AvgIpc) is 2.37. The van der Waals surface area contributed by atoms with Gasteiger partial charge in [-0.3, -0.25) is 14.3 Å². The Balaban J connectivity index is 2.89. The quantitative estimate of drug-likeness (QED) is 0.263. The average molecular weight is 317 g/mol. The van der Waals surface area contributed by atoms with Gasteiger partial charge >= 0.3 is 12.0 Å². The number of alkyl halides is 4. The lowest BCUT2D eigenvalue weighted by atomic mass is 10.3. The standard InChI is InChI=1S/C9H7F4NO5S/c10-8(11,9(12,13)14(15)16)6-19-20(17,18)7-4-2-1-3-5-7/h1-5H,6H2. The van der Waals surface area contributed by atoms with Crippen molar-refractivity contribution in [2.24, 2.45) is 0 Å². The molecule has 0 saturated heterocycles. The second-order valence-electron chi connectivity index (χ2n) is 3.53. The summed E-state index contributed by atoms with van der Waals surface area (Å²) < 4.78 is 77.6. The Labute approximate surface area is 110 Å². The van der Waals surface area contributed by atoms with Crippen LogP contribution in [0.2, 0.25) is 0 Å². The number of halogens is 4. The van der Waals surface area contributed by atoms with Gasteiger partial charge in [0.25, 0.3) is 10.1 Å². The molecule has 11 heteroatoms. The Hall–Kier alpha value is -1.75. The van der Waals surface area contributed by atoms with E-state index in [9.17, 15) is 36.1 Å². The van der Waals surface area contributed by atoms with Crippen LogP contribution in [0.15, 0.2) is 35.2 Å². The van der Waals surface area contributed by atoms with Crippen molar-refractivity contribution < 1.29 is 35.1 Å². The van der Waals surface area contributed by atoms with E-state index in [1.165, 1.54) is 18.2 Å². The van der Waals surface area contributed by atoms with Gasteiger partial charge in [0.05, 0.1) is 4.90 Å². The highest BCUT2D eigenvalue weighted by atomic mass is 32.2. The Morgan fingerprint density at radius 2 is 1.65 bits per heavy atom. The zero-order chi connectivity index (χ0) is 15.6. The molecule has 0 heterocycles. The molecule has 0 atom stereocenters. The first-order valence-electron chi connectivity index (χ1n) is 4.85. The molecular formula is C9H7F4NO5S. The summed E-state index contributed by atoms with van der Waals surface area (Å²) in [5.74, 6) is -5.28. The fourth-order valence-corrected chi connectivity index (χ4v) is 1.96. The molecule has 6 nitrogen and oxygen atoms in total. The molecule has 1 rings (SSSR count). The first-order chi connectivity index (χ1) is 9.01. The van der Waals surface area contributed by atoms with Crippen molar-refractivity contribution in [3.63, 3.8) is 0 Å². The van der Waals surface area contributed by atoms with Crippen LogP contribution in [0.3, 0.4) is 0 Å². The predicted molar refractivity (Wildman–Crippen MR) is 56.5 cm³/mol. The van der Waals surface area contributed by atoms with E-state index in [1.54, 1.807) is 0 Å². The minimum atomic E-state index is -5.64. The molecule has 1 aromatic carbocycles. The van der Waals surface area contributed by atoms with Crippen LogP contribution in [-0.2, 0) is 14.3 Å². The molecular weight excluding hydrogens is 310 g/mol. The molecule has 0 aromatic heterocycles. The van der Waals surface area contributed by atoms with Crippen LogP contribution in [-0.4, -0.2) is 31.9 Å². The fourth-order valence-electron chi connectivity index (χ4n) is 1.03. The summed E-state index contributed by atoms with van der Waals surface area (Å²) in [6, 6.07) is 0.256. The van der Waals surface area contributed by atoms with Gasteiger partial charge in [0.15, 0.2) is 0 Å². The fraction of sp³-hybridized carbons (Fsp3) is 0.333. The summed E-state index contributed by atoms with van der Waals surface area (Å²) in [7, 11) is -4.72. The Kier molecular flexibility index (Phi) is 4.34. The van der Waals surface area contributed by atoms with Crippen molar-refractivity contribution in [1.82, 2.24) is 0 Å². The van der Waals surface area contributed by atoms with Gasteiger partial charge in [-0.2, -0.15) is 17.2 Å². The second-order valence-corrected chi connectivity index (χ2v) is 5.15. The van der Waals surface area contributed by atoms with Gasteiger partial charge in [-0.25, -0.2) is 0 Å². The van der Waals surface area contributed by atoms with Crippen LogP contribution in [0.1, 0.15) is 0 Å². The molecule has 1 aromatic rings. The third kappa shape index (κ3) is 3.22. The maximum atomic E-state index is 12.9. The van der Waals surface area contributed by atoms with E-state index in [0.717, 1.165) is 12.1 Å². The smallest absolute Gasteiger partial charge is 0.259 e. The number of benzene rings is 1. The molecule has 0 aliphatic carbocycles. The Morgan fingerprint density at radius 1 is 1.15 bits per heavy atom. The molecule has 0 fully saturated rings. The SMILES string of the molecule is O=[N+]([O-])C(F)(F)C(F)(F)COS(=O)(=O)c1ccccc1. The third-order valence-electron chi connectivity index (χ3n) is 2.10. The van der Waals surface area contributed by atoms with Crippen molar-refractivity contribution in [2.75, 3.05) is 6.61 Å². The second kappa shape index (κ2) is 5.32. The van der Waals surface area contributed by atoms with E-state index in [2.05, 4.69) is 4.18 Å². The van der Waals surface area contributed by atoms with Crippen molar-refractivity contribution in [2.45, 2.75) is 16.9 Å². The van der Waals surface area contributed by atoms with Crippen molar-refractivity contribution in [1.29, 1.82) is 0 Å². The number of nitrogens with zero attached hydrogens (tertiary/aromatic N) is 1. The highest BCUT2D eigenvalue weighted by molar-refractivity contribution is 7.86. The predicted octanol–water partition coefficient (Wildman–Crippen LogP) is 1.90. The van der Waals surface area contributed by atoms with E-state index in [0.29, 0.717) is 0 Å². The molecule has 0 bridgehead atoms. The summed E-state index contributed by atoms with van der Waals surface area (Å²) in [6.07, 6.45) is 0. The molecule has 0 unspecified atom stereocenters. The zero-order valence-electron chi connectivity index (χ0n) is 9.50. The van der Waals surface area contributed by atoms with Gasteiger partial charge in [-0.15, -0.1) is 8.78 Å². The molecule has 0 spiro atoms. The molecule has 20 heavy (non-hydrogen) atoms. The molecule has 0 N–H and O–H groups in total. The van der Waals surface area contributed by atoms with Crippen LogP contribution in [0.4, 0.5) is 17.6 Å². The monoisotopic (exact) mass is 317 g/mol. The molecule has 0 saturated carbocycles. The molecule has 0 amide bonds. The summed E-state index contributed by atoms with van der Waals surface area (Å²) >= 11 is 0.